The summed E-state index contributed by atoms with van der Waals surface area (Å²) in [4.78, 5) is 23.9. The molecule has 8 nitrogen and oxygen atoms in total. The lowest BCUT2D eigenvalue weighted by Gasteiger charge is -2.13. The molecule has 0 atom stereocenters. The van der Waals surface area contributed by atoms with Crippen LogP contribution < -0.4 is 29.6 Å². The molecule has 2 N–H and O–H groups in total. The van der Waals surface area contributed by atoms with Crippen molar-refractivity contribution < 1.29 is 28.5 Å². The lowest BCUT2D eigenvalue weighted by molar-refractivity contribution is -0.121. The van der Waals surface area contributed by atoms with E-state index in [9.17, 15) is 9.59 Å². The number of benzene rings is 2. The summed E-state index contributed by atoms with van der Waals surface area (Å²) in [6.07, 6.45) is 0. The van der Waals surface area contributed by atoms with Crippen LogP contribution in [0.5, 0.6) is 23.0 Å². The zero-order valence-electron chi connectivity index (χ0n) is 16.1. The molecule has 0 aliphatic heterocycles. The molecular formula is C20H24N2O6. The molecule has 0 saturated carbocycles. The van der Waals surface area contributed by atoms with E-state index in [0.717, 1.165) is 0 Å². The van der Waals surface area contributed by atoms with Crippen LogP contribution in [0, 0.1) is 0 Å². The molecule has 0 heterocycles. The number of rotatable bonds is 9. The molecule has 0 aliphatic rings. The van der Waals surface area contributed by atoms with Gasteiger partial charge < -0.3 is 24.3 Å². The molecule has 0 saturated heterocycles. The first-order chi connectivity index (χ1) is 13.5. The van der Waals surface area contributed by atoms with Crippen molar-refractivity contribution >= 4 is 17.6 Å². The molecule has 0 bridgehead atoms. The summed E-state index contributed by atoms with van der Waals surface area (Å²) in [7, 11) is 1.56. The highest BCUT2D eigenvalue weighted by atomic mass is 16.5. The molecule has 0 aliphatic carbocycles. The maximum atomic E-state index is 12.0. The Hall–Kier alpha value is -3.42. The third-order valence-electron chi connectivity index (χ3n) is 3.48. The van der Waals surface area contributed by atoms with Gasteiger partial charge in [-0.25, -0.2) is 4.79 Å². The molecule has 2 rings (SSSR count). The Morgan fingerprint density at radius 1 is 0.857 bits per heavy atom. The number of ether oxygens (including phenoxy) is 4. The summed E-state index contributed by atoms with van der Waals surface area (Å²) in [6.45, 7) is 4.37. The van der Waals surface area contributed by atoms with E-state index in [1.807, 2.05) is 13.8 Å². The van der Waals surface area contributed by atoms with Gasteiger partial charge >= 0.3 is 6.03 Å². The van der Waals surface area contributed by atoms with Crippen LogP contribution in [-0.2, 0) is 4.79 Å². The van der Waals surface area contributed by atoms with Gasteiger partial charge in [0.2, 0.25) is 0 Å². The van der Waals surface area contributed by atoms with E-state index in [1.165, 1.54) is 0 Å². The van der Waals surface area contributed by atoms with Crippen LogP contribution in [0.15, 0.2) is 42.5 Å². The van der Waals surface area contributed by atoms with Crippen molar-refractivity contribution in [1.29, 1.82) is 0 Å². The first-order valence-corrected chi connectivity index (χ1v) is 8.83. The Kier molecular flexibility index (Phi) is 7.95. The van der Waals surface area contributed by atoms with Crippen molar-refractivity contribution in [3.8, 4) is 23.0 Å². The normalized spacial score (nSPS) is 9.96. The van der Waals surface area contributed by atoms with E-state index in [1.54, 1.807) is 49.6 Å². The number of anilines is 1. The Morgan fingerprint density at radius 3 is 2.14 bits per heavy atom. The first-order valence-electron chi connectivity index (χ1n) is 8.83. The van der Waals surface area contributed by atoms with E-state index in [0.29, 0.717) is 41.9 Å². The fourth-order valence-corrected chi connectivity index (χ4v) is 2.27. The third kappa shape index (κ3) is 6.39. The largest absolute Gasteiger partial charge is 0.497 e. The minimum absolute atomic E-state index is 0.298. The smallest absolute Gasteiger partial charge is 0.325 e. The first kappa shape index (κ1) is 20.9. The number of urea groups is 1. The number of amides is 3. The van der Waals surface area contributed by atoms with Crippen LogP contribution in [0.3, 0.4) is 0 Å². The van der Waals surface area contributed by atoms with Crippen LogP contribution in [0.25, 0.3) is 0 Å². The second-order valence-electron chi connectivity index (χ2n) is 5.49. The van der Waals surface area contributed by atoms with Crippen LogP contribution >= 0.6 is 0 Å². The van der Waals surface area contributed by atoms with E-state index in [2.05, 4.69) is 10.6 Å². The number of carbonyl (C=O) groups excluding carboxylic acids is 2. The van der Waals surface area contributed by atoms with Gasteiger partial charge in [-0.3, -0.25) is 10.1 Å². The predicted molar refractivity (Wildman–Crippen MR) is 104 cm³/mol. The second kappa shape index (κ2) is 10.7. The fraction of sp³-hybridized carbons (Fsp3) is 0.300. The van der Waals surface area contributed by atoms with Crippen LogP contribution in [0.2, 0.25) is 0 Å². The number of hydrogen-bond donors (Lipinski definition) is 2. The Bertz CT molecular complexity index is 792. The highest BCUT2D eigenvalue weighted by Crippen LogP contribution is 2.30. The third-order valence-corrected chi connectivity index (χ3v) is 3.48. The molecule has 0 unspecified atom stereocenters. The standard InChI is InChI=1S/C20H24N2O6/c1-4-26-17-11-6-14(12-18(17)27-5-2)21-20(24)22-19(23)13-28-16-9-7-15(25-3)8-10-16/h6-12H,4-5,13H2,1-3H3,(H2,21,22,23,24). The minimum atomic E-state index is -0.671. The number of hydrogen-bond acceptors (Lipinski definition) is 6. The summed E-state index contributed by atoms with van der Waals surface area (Å²) < 4.78 is 21.3. The lowest BCUT2D eigenvalue weighted by atomic mass is 10.2. The van der Waals surface area contributed by atoms with Gasteiger partial charge in [0.1, 0.15) is 11.5 Å². The lowest BCUT2D eigenvalue weighted by Crippen LogP contribution is -2.37. The van der Waals surface area contributed by atoms with E-state index < -0.39 is 11.9 Å². The molecule has 0 fully saturated rings. The highest BCUT2D eigenvalue weighted by molar-refractivity contribution is 6.01. The zero-order valence-corrected chi connectivity index (χ0v) is 16.1. The van der Waals surface area contributed by atoms with Gasteiger partial charge in [0.25, 0.3) is 5.91 Å². The van der Waals surface area contributed by atoms with Crippen LogP contribution in [0.4, 0.5) is 10.5 Å². The monoisotopic (exact) mass is 388 g/mol. The van der Waals surface area contributed by atoms with Crippen molar-refractivity contribution in [3.63, 3.8) is 0 Å². The van der Waals surface area contributed by atoms with Gasteiger partial charge in [-0.2, -0.15) is 0 Å². The van der Waals surface area contributed by atoms with Gasteiger partial charge in [-0.05, 0) is 50.2 Å². The van der Waals surface area contributed by atoms with Crippen molar-refractivity contribution in [2.24, 2.45) is 0 Å². The molecule has 3 amide bonds. The quantitative estimate of drug-likeness (QED) is 0.685. The Balaban J connectivity index is 1.86. The molecular weight excluding hydrogens is 364 g/mol. The molecule has 8 heteroatoms. The van der Waals surface area contributed by atoms with Gasteiger partial charge in [0, 0.05) is 11.8 Å². The number of methoxy groups -OCH3 is 1. The second-order valence-corrected chi connectivity index (χ2v) is 5.49. The topological polar surface area (TPSA) is 95.1 Å². The summed E-state index contributed by atoms with van der Waals surface area (Å²) in [5.74, 6) is 1.68. The predicted octanol–water partition coefficient (Wildman–Crippen LogP) is 3.22. The van der Waals surface area contributed by atoms with Gasteiger partial charge in [-0.1, -0.05) is 0 Å². The average molecular weight is 388 g/mol. The minimum Gasteiger partial charge on any atom is -0.497 e. The van der Waals surface area contributed by atoms with E-state index >= 15 is 0 Å². The number of imide groups is 1. The zero-order chi connectivity index (χ0) is 20.4. The average Bonchev–Trinajstić information content (AvgIpc) is 2.69. The molecule has 2 aromatic carbocycles. The maximum absolute atomic E-state index is 12.0. The van der Waals surface area contributed by atoms with Crippen molar-refractivity contribution in [2.45, 2.75) is 13.8 Å². The summed E-state index contributed by atoms with van der Waals surface area (Å²) in [5.41, 5.74) is 0.466. The molecule has 28 heavy (non-hydrogen) atoms. The molecule has 0 aromatic heterocycles. The molecule has 0 spiro atoms. The van der Waals surface area contributed by atoms with Crippen LogP contribution in [0.1, 0.15) is 13.8 Å². The fourth-order valence-electron chi connectivity index (χ4n) is 2.27. The van der Waals surface area contributed by atoms with E-state index in [4.69, 9.17) is 18.9 Å². The van der Waals surface area contributed by atoms with Gasteiger partial charge in [0.05, 0.1) is 20.3 Å². The van der Waals surface area contributed by atoms with Crippen molar-refractivity contribution in [3.05, 3.63) is 42.5 Å². The van der Waals surface area contributed by atoms with Gasteiger partial charge in [0.15, 0.2) is 18.1 Å². The SMILES string of the molecule is CCOc1ccc(NC(=O)NC(=O)COc2ccc(OC)cc2)cc1OCC. The number of carbonyl (C=O) groups is 2. The van der Waals surface area contributed by atoms with Crippen LogP contribution in [-0.4, -0.2) is 38.9 Å². The summed E-state index contributed by atoms with van der Waals surface area (Å²) in [6, 6.07) is 11.1. The molecule has 0 radical (unpaired) electrons. The van der Waals surface area contributed by atoms with Crippen molar-refractivity contribution in [2.75, 3.05) is 32.2 Å². The van der Waals surface area contributed by atoms with Gasteiger partial charge in [-0.15, -0.1) is 0 Å². The summed E-state index contributed by atoms with van der Waals surface area (Å²) >= 11 is 0. The van der Waals surface area contributed by atoms with Crippen molar-refractivity contribution in [1.82, 2.24) is 5.32 Å². The Morgan fingerprint density at radius 2 is 1.50 bits per heavy atom. The molecule has 150 valence electrons. The highest BCUT2D eigenvalue weighted by Gasteiger charge is 2.11. The Labute approximate surface area is 163 Å². The van der Waals surface area contributed by atoms with E-state index in [-0.39, 0.29) is 6.61 Å². The summed E-state index contributed by atoms with van der Waals surface area (Å²) in [5, 5.41) is 4.78. The maximum Gasteiger partial charge on any atom is 0.325 e. The number of nitrogens with one attached hydrogen (secondary N) is 2. The molecule has 2 aromatic rings.